The fourth-order valence-corrected chi connectivity index (χ4v) is 6.19. The van der Waals surface area contributed by atoms with Gasteiger partial charge in [0.25, 0.3) is 10.1 Å². The largest absolute Gasteiger partial charge is 0.375 e. The molecule has 0 radical (unpaired) electrons. The Morgan fingerprint density at radius 3 is 1.14 bits per heavy atom. The van der Waals surface area contributed by atoms with Crippen molar-refractivity contribution in [2.45, 2.75) is 51.3 Å². The van der Waals surface area contributed by atoms with Gasteiger partial charge in [-0.05, 0) is 47.7 Å². The molecule has 10 nitrogen and oxygen atoms in total. The van der Waals surface area contributed by atoms with Crippen LogP contribution in [0.15, 0.2) is 127 Å². The molecule has 0 amide bonds. The number of aromatic nitrogens is 4. The van der Waals surface area contributed by atoms with E-state index in [1.54, 1.807) is 24.3 Å². The Hall–Kier alpha value is -4.39. The van der Waals surface area contributed by atoms with Crippen molar-refractivity contribution in [2.24, 2.45) is 0 Å². The van der Waals surface area contributed by atoms with E-state index in [9.17, 15) is 8.42 Å². The summed E-state index contributed by atoms with van der Waals surface area (Å²) in [6.45, 7) is 10.5. The Bertz CT molecular complexity index is 1850. The molecule has 0 fully saturated rings. The summed E-state index contributed by atoms with van der Waals surface area (Å²) in [6.07, 6.45) is 17.6. The normalized spacial score (nSPS) is 11.6. The summed E-state index contributed by atoms with van der Waals surface area (Å²) >= 11 is 0. The molecule has 0 aliphatic heterocycles. The van der Waals surface area contributed by atoms with Gasteiger partial charge in [-0.2, -0.15) is 8.42 Å². The zero-order valence-corrected chi connectivity index (χ0v) is 30.5. The van der Waals surface area contributed by atoms with E-state index in [1.165, 1.54) is 11.1 Å². The number of hydrogen-bond donors (Lipinski definition) is 0. The van der Waals surface area contributed by atoms with Gasteiger partial charge in [0.05, 0.1) is 18.1 Å². The Balaban J connectivity index is 0.947. The number of benzene rings is 1. The lowest BCUT2D eigenvalue weighted by Crippen LogP contribution is -2.37. The lowest BCUT2D eigenvalue weighted by atomic mass is 10.1. The molecule has 5 rings (SSSR count). The monoisotopic (exact) mass is 714 g/mol. The minimum atomic E-state index is -3.78. The van der Waals surface area contributed by atoms with Crippen LogP contribution in [0.25, 0.3) is 22.3 Å². The maximum absolute atomic E-state index is 12.3. The van der Waals surface area contributed by atoms with Crippen LogP contribution in [0, 0.1) is 6.92 Å². The molecule has 0 spiro atoms. The quantitative estimate of drug-likeness (QED) is 0.0649. The molecule has 1 aromatic carbocycles. The van der Waals surface area contributed by atoms with E-state index in [-0.39, 0.29) is 18.1 Å². The van der Waals surface area contributed by atoms with E-state index >= 15 is 0 Å². The van der Waals surface area contributed by atoms with E-state index in [2.05, 4.69) is 106 Å². The van der Waals surface area contributed by atoms with E-state index in [4.69, 9.17) is 18.4 Å². The van der Waals surface area contributed by atoms with Crippen molar-refractivity contribution in [3.05, 3.63) is 128 Å². The number of nitrogens with zero attached hydrogens (tertiary/aromatic N) is 4. The van der Waals surface area contributed by atoms with Crippen LogP contribution in [0.2, 0.25) is 0 Å². The van der Waals surface area contributed by atoms with Gasteiger partial charge in [-0.25, -0.2) is 18.3 Å². The third-order valence-electron chi connectivity index (χ3n) is 8.33. The maximum atomic E-state index is 12.3. The first-order valence-corrected chi connectivity index (χ1v) is 19.0. The first kappa shape index (κ1) is 37.9. The predicted molar refractivity (Wildman–Crippen MR) is 192 cm³/mol. The molecule has 0 bridgehead atoms. The van der Waals surface area contributed by atoms with Crippen LogP contribution in [0.4, 0.5) is 0 Å². The zero-order valence-electron chi connectivity index (χ0n) is 29.7. The van der Waals surface area contributed by atoms with Crippen molar-refractivity contribution in [1.29, 1.82) is 0 Å². The first-order chi connectivity index (χ1) is 24.9. The molecular formula is C40H50N4O6S+4. The standard InChI is InChI=1S/C40H50N4O6S/c1-3-28-47-29-24-41-16-8-36(9-17-41)37-10-18-42(19-11-37)25-30-48-31-26-43-20-12-38(13-21-43)39-14-22-44(23-15-39)27-32-49-33-34-50-51(45,46)40-6-4-35(2)5-7-40/h4-23H,3,24-34H2,1-2H3/q+4. The molecule has 51 heavy (non-hydrogen) atoms. The van der Waals surface area contributed by atoms with Gasteiger partial charge in [0.15, 0.2) is 75.8 Å². The van der Waals surface area contributed by atoms with Crippen LogP contribution in [-0.4, -0.2) is 54.7 Å². The molecule has 0 unspecified atom stereocenters. The maximum Gasteiger partial charge on any atom is 0.297 e. The fourth-order valence-electron chi connectivity index (χ4n) is 5.30. The van der Waals surface area contributed by atoms with Gasteiger partial charge in [0.2, 0.25) is 0 Å². The van der Waals surface area contributed by atoms with Crippen molar-refractivity contribution in [2.75, 3.05) is 46.2 Å². The Labute approximate surface area is 302 Å². The second-order valence-electron chi connectivity index (χ2n) is 12.2. The lowest BCUT2D eigenvalue weighted by Gasteiger charge is -2.06. The van der Waals surface area contributed by atoms with E-state index < -0.39 is 10.1 Å². The first-order valence-electron chi connectivity index (χ1n) is 17.6. The number of ether oxygens (including phenoxy) is 3. The SMILES string of the molecule is CCCOCC[n+]1ccc(-c2cc[n+](CCOCC[n+]3ccc(-c4cc[n+](CCOCCOS(=O)(=O)c5ccc(C)cc5)cc4)cc3)cc2)cc1. The van der Waals surface area contributed by atoms with Gasteiger partial charge in [-0.3, -0.25) is 4.18 Å². The summed E-state index contributed by atoms with van der Waals surface area (Å²) in [6, 6.07) is 23.5. The molecule has 0 N–H and O–H groups in total. The third-order valence-corrected chi connectivity index (χ3v) is 9.66. The summed E-state index contributed by atoms with van der Waals surface area (Å²) in [5, 5.41) is 0. The minimum Gasteiger partial charge on any atom is -0.375 e. The minimum absolute atomic E-state index is 0.0277. The summed E-state index contributed by atoms with van der Waals surface area (Å²) in [5.41, 5.74) is 5.63. The van der Waals surface area contributed by atoms with Crippen molar-refractivity contribution in [1.82, 2.24) is 0 Å². The lowest BCUT2D eigenvalue weighted by molar-refractivity contribution is -0.705. The number of aryl methyl sites for hydroxylation is 1. The van der Waals surface area contributed by atoms with Crippen molar-refractivity contribution >= 4 is 10.1 Å². The predicted octanol–water partition coefficient (Wildman–Crippen LogP) is 4.04. The van der Waals surface area contributed by atoms with Crippen LogP contribution in [0.1, 0.15) is 18.9 Å². The average Bonchev–Trinajstić information content (AvgIpc) is 3.16. The van der Waals surface area contributed by atoms with Crippen LogP contribution in [-0.2, 0) is 54.7 Å². The van der Waals surface area contributed by atoms with Crippen molar-refractivity contribution < 1.29 is 45.1 Å². The highest BCUT2D eigenvalue weighted by atomic mass is 32.2. The van der Waals surface area contributed by atoms with Gasteiger partial charge in [-0.1, -0.05) is 24.6 Å². The van der Waals surface area contributed by atoms with Crippen molar-refractivity contribution in [3.63, 3.8) is 0 Å². The molecular weight excluding hydrogens is 665 g/mol. The highest BCUT2D eigenvalue weighted by Gasteiger charge is 2.15. The number of pyridine rings is 4. The van der Waals surface area contributed by atoms with Crippen LogP contribution >= 0.6 is 0 Å². The highest BCUT2D eigenvalue weighted by molar-refractivity contribution is 7.86. The van der Waals surface area contributed by atoms with Crippen LogP contribution in [0.3, 0.4) is 0 Å². The smallest absolute Gasteiger partial charge is 0.297 e. The highest BCUT2D eigenvalue weighted by Crippen LogP contribution is 2.17. The summed E-state index contributed by atoms with van der Waals surface area (Å²) < 4.78 is 55.2. The Morgan fingerprint density at radius 1 is 0.451 bits per heavy atom. The summed E-state index contributed by atoms with van der Waals surface area (Å²) in [5.74, 6) is 0. The van der Waals surface area contributed by atoms with Gasteiger partial charge in [-0.15, -0.1) is 0 Å². The Morgan fingerprint density at radius 2 is 0.784 bits per heavy atom. The number of hydrogen-bond acceptors (Lipinski definition) is 6. The fraction of sp³-hybridized carbons (Fsp3) is 0.350. The van der Waals surface area contributed by atoms with Gasteiger partial charge < -0.3 is 14.2 Å². The molecule has 5 aromatic rings. The summed E-state index contributed by atoms with van der Waals surface area (Å²) in [7, 11) is -3.78. The molecule has 4 heterocycles. The van der Waals surface area contributed by atoms with E-state index in [0.717, 1.165) is 56.0 Å². The topological polar surface area (TPSA) is 86.6 Å². The summed E-state index contributed by atoms with van der Waals surface area (Å²) in [4.78, 5) is 0.150. The van der Waals surface area contributed by atoms with E-state index in [0.29, 0.717) is 26.4 Å². The molecule has 4 aromatic heterocycles. The molecule has 0 saturated carbocycles. The molecule has 0 atom stereocenters. The Kier molecular flexibility index (Phi) is 14.7. The second kappa shape index (κ2) is 19.9. The van der Waals surface area contributed by atoms with E-state index in [1.807, 2.05) is 23.9 Å². The molecule has 0 saturated heterocycles. The third kappa shape index (κ3) is 12.4. The van der Waals surface area contributed by atoms with Crippen LogP contribution in [0.5, 0.6) is 0 Å². The van der Waals surface area contributed by atoms with Crippen LogP contribution < -0.4 is 18.3 Å². The molecule has 0 aliphatic carbocycles. The molecule has 268 valence electrons. The average molecular weight is 715 g/mol. The molecule has 0 aliphatic rings. The van der Waals surface area contributed by atoms with Crippen molar-refractivity contribution in [3.8, 4) is 22.3 Å². The molecule has 11 heteroatoms. The van der Waals surface area contributed by atoms with Gasteiger partial charge in [0.1, 0.15) is 26.4 Å². The van der Waals surface area contributed by atoms with Gasteiger partial charge >= 0.3 is 0 Å². The number of rotatable bonds is 21. The second-order valence-corrected chi connectivity index (χ2v) is 13.8. The zero-order chi connectivity index (χ0) is 35.7. The van der Waals surface area contributed by atoms with Gasteiger partial charge in [0, 0.05) is 55.1 Å².